The third-order valence-electron chi connectivity index (χ3n) is 4.76. The number of hydrogen-bond acceptors (Lipinski definition) is 6. The zero-order chi connectivity index (χ0) is 27.6. The minimum absolute atomic E-state index is 0.160. The summed E-state index contributed by atoms with van der Waals surface area (Å²) in [5.74, 6) is -2.14. The van der Waals surface area contributed by atoms with Crippen LogP contribution in [-0.4, -0.2) is 43.2 Å². The lowest BCUT2D eigenvalue weighted by atomic mass is 10.1. The molecule has 0 radical (unpaired) electrons. The Morgan fingerprint density at radius 1 is 1.05 bits per heavy atom. The van der Waals surface area contributed by atoms with Crippen molar-refractivity contribution in [3.8, 4) is 11.5 Å². The number of halogens is 4. The molecule has 0 aliphatic heterocycles. The molecule has 0 saturated heterocycles. The molecule has 9 nitrogen and oxygen atoms in total. The molecule has 0 heterocycles. The summed E-state index contributed by atoms with van der Waals surface area (Å²) in [6.45, 7) is 5.02. The van der Waals surface area contributed by atoms with Gasteiger partial charge in [-0.15, -0.1) is 0 Å². The van der Waals surface area contributed by atoms with Gasteiger partial charge in [0.1, 0.15) is 0 Å². The first-order valence-corrected chi connectivity index (χ1v) is 11.9. The number of ether oxygens (including phenoxy) is 2. The number of carbonyl (C=O) groups excluding carboxylic acids is 3. The number of benzene rings is 2. The maximum absolute atomic E-state index is 13.3. The van der Waals surface area contributed by atoms with Crippen LogP contribution in [0.15, 0.2) is 46.0 Å². The third-order valence-corrected chi connectivity index (χ3v) is 5.26. The number of nitrogens with zero attached hydrogens (tertiary/aromatic N) is 1. The van der Waals surface area contributed by atoms with Crippen LogP contribution in [0.3, 0.4) is 0 Å². The monoisotopic (exact) mass is 586 g/mol. The van der Waals surface area contributed by atoms with Crippen molar-refractivity contribution in [1.82, 2.24) is 10.7 Å². The number of rotatable bonds is 10. The van der Waals surface area contributed by atoms with E-state index >= 15 is 0 Å². The largest absolute Gasteiger partial charge is 0.490 e. The quantitative estimate of drug-likeness (QED) is 0.218. The summed E-state index contributed by atoms with van der Waals surface area (Å²) in [6.07, 6.45) is -2.72. The highest BCUT2D eigenvalue weighted by atomic mass is 79.9. The van der Waals surface area contributed by atoms with Gasteiger partial charge in [0.2, 0.25) is 0 Å². The van der Waals surface area contributed by atoms with Crippen molar-refractivity contribution in [2.45, 2.75) is 39.4 Å². The van der Waals surface area contributed by atoms with Gasteiger partial charge in [0, 0.05) is 10.5 Å². The molecule has 200 valence electrons. The average molecular weight is 587 g/mol. The van der Waals surface area contributed by atoms with E-state index in [4.69, 9.17) is 9.47 Å². The fourth-order valence-electron chi connectivity index (χ4n) is 2.79. The third kappa shape index (κ3) is 9.41. The smallest absolute Gasteiger partial charge is 0.418 e. The second-order valence-corrected chi connectivity index (χ2v) is 8.56. The summed E-state index contributed by atoms with van der Waals surface area (Å²) in [7, 11) is 0. The molecular formula is C24H26BrF3N4O5. The number of alkyl halides is 3. The van der Waals surface area contributed by atoms with Crippen molar-refractivity contribution in [2.75, 3.05) is 18.5 Å². The van der Waals surface area contributed by atoms with Crippen molar-refractivity contribution >= 4 is 45.6 Å². The highest BCUT2D eigenvalue weighted by Crippen LogP contribution is 2.36. The molecule has 0 unspecified atom stereocenters. The normalized spacial score (nSPS) is 12.1. The maximum atomic E-state index is 13.3. The summed E-state index contributed by atoms with van der Waals surface area (Å²) in [5.41, 5.74) is 1.19. The van der Waals surface area contributed by atoms with Crippen LogP contribution in [0.5, 0.6) is 11.5 Å². The second-order valence-electron chi connectivity index (χ2n) is 7.65. The van der Waals surface area contributed by atoms with E-state index in [1.165, 1.54) is 24.4 Å². The Labute approximate surface area is 219 Å². The highest BCUT2D eigenvalue weighted by molar-refractivity contribution is 9.10. The molecule has 0 aliphatic rings. The summed E-state index contributed by atoms with van der Waals surface area (Å²) < 4.78 is 51.0. The van der Waals surface area contributed by atoms with Gasteiger partial charge in [0.25, 0.3) is 5.91 Å². The molecule has 0 bridgehead atoms. The van der Waals surface area contributed by atoms with E-state index in [0.717, 1.165) is 12.1 Å². The molecule has 1 atom stereocenters. The van der Waals surface area contributed by atoms with E-state index in [0.29, 0.717) is 12.0 Å². The van der Waals surface area contributed by atoms with Gasteiger partial charge in [-0.25, -0.2) is 5.43 Å². The van der Waals surface area contributed by atoms with Crippen LogP contribution in [0.25, 0.3) is 0 Å². The van der Waals surface area contributed by atoms with Gasteiger partial charge in [-0.2, -0.15) is 18.3 Å². The molecule has 2 rings (SSSR count). The van der Waals surface area contributed by atoms with Crippen molar-refractivity contribution in [1.29, 1.82) is 0 Å². The molecule has 2 aromatic rings. The topological polar surface area (TPSA) is 118 Å². The molecule has 0 spiro atoms. The Balaban J connectivity index is 2.03. The molecule has 0 saturated carbocycles. The van der Waals surface area contributed by atoms with E-state index in [1.807, 2.05) is 6.92 Å². The van der Waals surface area contributed by atoms with Crippen molar-refractivity contribution in [2.24, 2.45) is 5.10 Å². The molecule has 2 aromatic carbocycles. The standard InChI is InChI=1S/C24H26BrF3N4O5/c1-4-14(3)30-22(34)23(35)32-29-12-15-6-9-19(20(10-15)36-5-2)37-13-21(33)31-18-8-7-16(25)11-17(18)24(26,27)28/h6-12,14H,4-5,13H2,1-3H3,(H,30,34)(H,31,33)(H,32,35)/b29-12-/t14-/m1/s1. The van der Waals surface area contributed by atoms with Gasteiger partial charge in [0.15, 0.2) is 18.1 Å². The molecular weight excluding hydrogens is 561 g/mol. The minimum Gasteiger partial charge on any atom is -0.490 e. The van der Waals surface area contributed by atoms with Crippen LogP contribution in [0, 0.1) is 0 Å². The van der Waals surface area contributed by atoms with E-state index in [9.17, 15) is 27.6 Å². The van der Waals surface area contributed by atoms with E-state index in [1.54, 1.807) is 19.9 Å². The Morgan fingerprint density at radius 3 is 2.43 bits per heavy atom. The number of hydrogen-bond donors (Lipinski definition) is 3. The number of anilines is 1. The van der Waals surface area contributed by atoms with E-state index in [2.05, 4.69) is 37.1 Å². The molecule has 3 amide bonds. The van der Waals surface area contributed by atoms with Gasteiger partial charge in [-0.3, -0.25) is 14.4 Å². The zero-order valence-electron chi connectivity index (χ0n) is 20.2. The number of hydrazone groups is 1. The van der Waals surface area contributed by atoms with Gasteiger partial charge >= 0.3 is 18.0 Å². The fraction of sp³-hybridized carbons (Fsp3) is 0.333. The average Bonchev–Trinajstić information content (AvgIpc) is 2.84. The fourth-order valence-corrected chi connectivity index (χ4v) is 3.15. The van der Waals surface area contributed by atoms with Crippen molar-refractivity contribution in [3.63, 3.8) is 0 Å². The highest BCUT2D eigenvalue weighted by Gasteiger charge is 2.34. The summed E-state index contributed by atoms with van der Waals surface area (Å²) in [4.78, 5) is 35.8. The predicted molar refractivity (Wildman–Crippen MR) is 135 cm³/mol. The minimum atomic E-state index is -4.66. The first-order valence-electron chi connectivity index (χ1n) is 11.1. The van der Waals surface area contributed by atoms with Crippen molar-refractivity contribution in [3.05, 3.63) is 52.0 Å². The molecule has 13 heteroatoms. The van der Waals surface area contributed by atoms with Crippen molar-refractivity contribution < 1.29 is 37.0 Å². The van der Waals surface area contributed by atoms with Crippen LogP contribution in [0.4, 0.5) is 18.9 Å². The SMILES string of the molecule is CCOc1cc(/C=N\NC(=O)C(=O)N[C@H](C)CC)ccc1OCC(=O)Nc1ccc(Br)cc1C(F)(F)F. The van der Waals surface area contributed by atoms with Gasteiger partial charge < -0.3 is 20.1 Å². The van der Waals surface area contributed by atoms with E-state index in [-0.39, 0.29) is 28.6 Å². The number of carbonyl (C=O) groups is 3. The van der Waals surface area contributed by atoms with Gasteiger partial charge in [-0.05, 0) is 62.2 Å². The Morgan fingerprint density at radius 2 is 1.78 bits per heavy atom. The molecule has 0 aromatic heterocycles. The van der Waals surface area contributed by atoms with E-state index < -0.39 is 41.8 Å². The maximum Gasteiger partial charge on any atom is 0.418 e. The lowest BCUT2D eigenvalue weighted by Gasteiger charge is -2.15. The molecule has 3 N–H and O–H groups in total. The lowest BCUT2D eigenvalue weighted by Crippen LogP contribution is -2.41. The Kier molecular flexibility index (Phi) is 10.9. The van der Waals surface area contributed by atoms with Crippen LogP contribution in [0.1, 0.15) is 38.3 Å². The number of nitrogens with one attached hydrogen (secondary N) is 3. The Bertz CT molecular complexity index is 1160. The molecule has 37 heavy (non-hydrogen) atoms. The predicted octanol–water partition coefficient (Wildman–Crippen LogP) is 4.25. The first kappa shape index (κ1) is 29.6. The first-order chi connectivity index (χ1) is 17.4. The van der Waals surface area contributed by atoms with Crippen LogP contribution >= 0.6 is 15.9 Å². The molecule has 0 fully saturated rings. The summed E-state index contributed by atoms with van der Waals surface area (Å²) in [6, 6.07) is 7.75. The van der Waals surface area contributed by atoms with Crippen LogP contribution in [0.2, 0.25) is 0 Å². The van der Waals surface area contributed by atoms with Crippen LogP contribution < -0.4 is 25.5 Å². The zero-order valence-corrected chi connectivity index (χ0v) is 21.8. The Hall–Kier alpha value is -3.61. The second kappa shape index (κ2) is 13.6. The van der Waals surface area contributed by atoms with Gasteiger partial charge in [-0.1, -0.05) is 22.9 Å². The molecule has 0 aliphatic carbocycles. The lowest BCUT2D eigenvalue weighted by molar-refractivity contribution is -0.139. The number of amides is 3. The summed E-state index contributed by atoms with van der Waals surface area (Å²) in [5, 5.41) is 8.45. The van der Waals surface area contributed by atoms with Gasteiger partial charge in [0.05, 0.1) is 24.1 Å². The summed E-state index contributed by atoms with van der Waals surface area (Å²) >= 11 is 2.99. The van der Waals surface area contributed by atoms with Crippen LogP contribution in [-0.2, 0) is 20.6 Å².